The summed E-state index contributed by atoms with van der Waals surface area (Å²) in [7, 11) is 0. The Bertz CT molecular complexity index is 816. The highest BCUT2D eigenvalue weighted by Crippen LogP contribution is 2.13. The van der Waals surface area contributed by atoms with Gasteiger partial charge in [-0.25, -0.2) is 4.79 Å². The molecule has 0 aliphatic carbocycles. The predicted octanol–water partition coefficient (Wildman–Crippen LogP) is 13.7. The summed E-state index contributed by atoms with van der Waals surface area (Å²) >= 11 is 0. The molecule has 0 rings (SSSR count). The summed E-state index contributed by atoms with van der Waals surface area (Å²) in [6.45, 7) is 4.51. The van der Waals surface area contributed by atoms with Crippen molar-refractivity contribution >= 4 is 11.9 Å². The standard InChI is InChI=1S/C22H40O2.C20H32O2/c1-2-3-4-5-6-7-8-9-10-11-12-13-14-15-16-17-18-19-20-21-22(23)24;1-2-3-4-5-6-7-8-9-10-11-12-13-14-15-16-17-18-19-20(21)22/h18-21H,2-17H2,1H3,(H,23,24);6-7,9-10,12-13,15-16H,2-5,8,11,14,17-19H2,1H3,(H,21,22)/b;7-6-,10-9-,13-12-,16-15-. The lowest BCUT2D eigenvalue weighted by Gasteiger charge is -2.03. The van der Waals surface area contributed by atoms with Gasteiger partial charge in [0.1, 0.15) is 0 Å². The summed E-state index contributed by atoms with van der Waals surface area (Å²) in [6.07, 6.45) is 55.9. The van der Waals surface area contributed by atoms with E-state index in [1.807, 2.05) is 6.08 Å². The zero-order valence-corrected chi connectivity index (χ0v) is 30.0. The molecule has 0 aromatic heterocycles. The van der Waals surface area contributed by atoms with E-state index in [-0.39, 0.29) is 6.42 Å². The molecule has 0 amide bonds. The molecule has 0 spiro atoms. The predicted molar refractivity (Wildman–Crippen MR) is 202 cm³/mol. The van der Waals surface area contributed by atoms with Crippen LogP contribution in [0.15, 0.2) is 72.9 Å². The molecule has 46 heavy (non-hydrogen) atoms. The molecule has 0 aromatic rings. The molecule has 2 N–H and O–H groups in total. The van der Waals surface area contributed by atoms with Crippen LogP contribution in [-0.2, 0) is 9.59 Å². The third kappa shape index (κ3) is 48.3. The van der Waals surface area contributed by atoms with Crippen molar-refractivity contribution in [3.63, 3.8) is 0 Å². The number of carboxylic acid groups (broad SMARTS) is 2. The van der Waals surface area contributed by atoms with Crippen molar-refractivity contribution in [3.8, 4) is 0 Å². The van der Waals surface area contributed by atoms with E-state index in [1.165, 1.54) is 128 Å². The van der Waals surface area contributed by atoms with Crippen LogP contribution in [-0.4, -0.2) is 22.2 Å². The number of hydrogen-bond acceptors (Lipinski definition) is 2. The van der Waals surface area contributed by atoms with Crippen molar-refractivity contribution in [2.45, 2.75) is 181 Å². The molecule has 0 aromatic carbocycles. The fourth-order valence-corrected chi connectivity index (χ4v) is 4.88. The van der Waals surface area contributed by atoms with Crippen LogP contribution in [0.25, 0.3) is 0 Å². The Morgan fingerprint density at radius 3 is 1.20 bits per heavy atom. The van der Waals surface area contributed by atoms with Gasteiger partial charge in [-0.2, -0.15) is 0 Å². The second-order valence-electron chi connectivity index (χ2n) is 12.2. The molecule has 0 radical (unpaired) electrons. The molecule has 0 atom stereocenters. The second-order valence-corrected chi connectivity index (χ2v) is 12.2. The van der Waals surface area contributed by atoms with Gasteiger partial charge in [0.05, 0.1) is 0 Å². The number of carbonyl (C=O) groups is 2. The van der Waals surface area contributed by atoms with Crippen LogP contribution in [0.2, 0.25) is 0 Å². The number of allylic oxidation sites excluding steroid dienone is 11. The van der Waals surface area contributed by atoms with E-state index in [4.69, 9.17) is 10.2 Å². The maximum Gasteiger partial charge on any atom is 0.328 e. The van der Waals surface area contributed by atoms with E-state index in [2.05, 4.69) is 68.5 Å². The van der Waals surface area contributed by atoms with Crippen LogP contribution < -0.4 is 0 Å². The van der Waals surface area contributed by atoms with Crippen LogP contribution in [0.4, 0.5) is 0 Å². The molecule has 0 aliphatic rings. The number of aliphatic carboxylic acids is 2. The van der Waals surface area contributed by atoms with Crippen molar-refractivity contribution in [2.24, 2.45) is 0 Å². The summed E-state index contributed by atoms with van der Waals surface area (Å²) in [5.41, 5.74) is 0. The second kappa shape index (κ2) is 42.4. The van der Waals surface area contributed by atoms with Crippen LogP contribution >= 0.6 is 0 Å². The van der Waals surface area contributed by atoms with Gasteiger partial charge in [-0.3, -0.25) is 4.79 Å². The van der Waals surface area contributed by atoms with Crippen LogP contribution in [0.3, 0.4) is 0 Å². The fraction of sp³-hybridized carbons (Fsp3) is 0.667. The molecule has 0 bridgehead atoms. The zero-order chi connectivity index (χ0) is 34.0. The van der Waals surface area contributed by atoms with Gasteiger partial charge in [-0.1, -0.05) is 183 Å². The SMILES string of the molecule is CCCCC/C=C\C/C=C\C/C=C\C/C=C\CCCC(=O)O.CCCCCCCCCCCCCCCCCC=CC=CC(=O)O. The summed E-state index contributed by atoms with van der Waals surface area (Å²) in [4.78, 5) is 20.6. The van der Waals surface area contributed by atoms with Crippen molar-refractivity contribution in [3.05, 3.63) is 72.9 Å². The molecule has 4 nitrogen and oxygen atoms in total. The minimum atomic E-state index is -0.883. The zero-order valence-electron chi connectivity index (χ0n) is 30.0. The Kier molecular flexibility index (Phi) is 41.9. The van der Waals surface area contributed by atoms with Crippen molar-refractivity contribution in [1.29, 1.82) is 0 Å². The van der Waals surface area contributed by atoms with E-state index in [9.17, 15) is 9.59 Å². The minimum Gasteiger partial charge on any atom is -0.481 e. The molecule has 0 saturated carbocycles. The van der Waals surface area contributed by atoms with E-state index >= 15 is 0 Å². The lowest BCUT2D eigenvalue weighted by atomic mass is 10.0. The van der Waals surface area contributed by atoms with Gasteiger partial charge in [0.2, 0.25) is 0 Å². The smallest absolute Gasteiger partial charge is 0.328 e. The maximum atomic E-state index is 10.3. The third-order valence-electron chi connectivity index (χ3n) is 7.68. The summed E-state index contributed by atoms with van der Waals surface area (Å²) in [6, 6.07) is 0. The van der Waals surface area contributed by atoms with Gasteiger partial charge in [0.25, 0.3) is 0 Å². The number of hydrogen-bond donors (Lipinski definition) is 2. The van der Waals surface area contributed by atoms with Crippen LogP contribution in [0.5, 0.6) is 0 Å². The van der Waals surface area contributed by atoms with Gasteiger partial charge in [-0.15, -0.1) is 0 Å². The quantitative estimate of drug-likeness (QED) is 0.0332. The molecule has 264 valence electrons. The molecule has 4 heteroatoms. The molecule has 0 heterocycles. The Morgan fingerprint density at radius 1 is 0.413 bits per heavy atom. The first-order chi connectivity index (χ1) is 22.5. The van der Waals surface area contributed by atoms with E-state index in [0.29, 0.717) is 0 Å². The van der Waals surface area contributed by atoms with Gasteiger partial charge in [0, 0.05) is 12.5 Å². The fourth-order valence-electron chi connectivity index (χ4n) is 4.88. The van der Waals surface area contributed by atoms with E-state index in [0.717, 1.165) is 38.5 Å². The first-order valence-electron chi connectivity index (χ1n) is 18.9. The highest BCUT2D eigenvalue weighted by molar-refractivity contribution is 5.80. The van der Waals surface area contributed by atoms with Gasteiger partial charge in [-0.05, 0) is 57.8 Å². The lowest BCUT2D eigenvalue weighted by molar-refractivity contribution is -0.137. The van der Waals surface area contributed by atoms with Crippen LogP contribution in [0.1, 0.15) is 181 Å². The summed E-state index contributed by atoms with van der Waals surface area (Å²) in [5, 5.41) is 16.9. The number of rotatable bonds is 32. The summed E-state index contributed by atoms with van der Waals surface area (Å²) in [5.74, 6) is -1.59. The lowest BCUT2D eigenvalue weighted by Crippen LogP contribution is -1.92. The van der Waals surface area contributed by atoms with Crippen LogP contribution in [0, 0.1) is 0 Å². The first kappa shape index (κ1) is 45.5. The average Bonchev–Trinajstić information content (AvgIpc) is 3.03. The Hall–Kier alpha value is -2.62. The van der Waals surface area contributed by atoms with E-state index in [1.54, 1.807) is 6.08 Å². The van der Waals surface area contributed by atoms with Crippen molar-refractivity contribution in [2.75, 3.05) is 0 Å². The Balaban J connectivity index is 0. The summed E-state index contributed by atoms with van der Waals surface area (Å²) < 4.78 is 0. The molecular formula is C42H72O4. The Labute approximate surface area is 284 Å². The first-order valence-corrected chi connectivity index (χ1v) is 18.9. The van der Waals surface area contributed by atoms with Gasteiger partial charge >= 0.3 is 11.9 Å². The maximum absolute atomic E-state index is 10.3. The van der Waals surface area contributed by atoms with Crippen molar-refractivity contribution < 1.29 is 19.8 Å². The highest BCUT2D eigenvalue weighted by atomic mass is 16.4. The minimum absolute atomic E-state index is 0.262. The topological polar surface area (TPSA) is 74.6 Å². The van der Waals surface area contributed by atoms with E-state index < -0.39 is 11.9 Å². The Morgan fingerprint density at radius 2 is 0.761 bits per heavy atom. The molecular weight excluding hydrogens is 568 g/mol. The number of unbranched alkanes of at least 4 members (excludes halogenated alkanes) is 19. The highest BCUT2D eigenvalue weighted by Gasteiger charge is 1.94. The van der Waals surface area contributed by atoms with Crippen molar-refractivity contribution in [1.82, 2.24) is 0 Å². The molecule has 0 fully saturated rings. The molecule has 0 unspecified atom stereocenters. The largest absolute Gasteiger partial charge is 0.481 e. The number of carboxylic acids is 2. The van der Waals surface area contributed by atoms with Gasteiger partial charge < -0.3 is 10.2 Å². The third-order valence-corrected chi connectivity index (χ3v) is 7.68. The normalized spacial score (nSPS) is 12.0. The average molecular weight is 641 g/mol. The monoisotopic (exact) mass is 641 g/mol. The van der Waals surface area contributed by atoms with Gasteiger partial charge in [0.15, 0.2) is 0 Å². The molecule has 0 aliphatic heterocycles. The molecule has 0 saturated heterocycles.